The maximum atomic E-state index is 12.7. The van der Waals surface area contributed by atoms with Gasteiger partial charge in [0.05, 0.1) is 12.6 Å². The van der Waals surface area contributed by atoms with Gasteiger partial charge in [0.1, 0.15) is 5.82 Å². The first-order valence-electron chi connectivity index (χ1n) is 10.3. The molecule has 3 aromatic rings. The van der Waals surface area contributed by atoms with Gasteiger partial charge in [-0.3, -0.25) is 9.48 Å². The molecule has 1 N–H and O–H groups in total. The first-order valence-corrected chi connectivity index (χ1v) is 10.3. The number of halogens is 3. The number of rotatable bonds is 5. The summed E-state index contributed by atoms with van der Waals surface area (Å²) in [6.07, 6.45) is 1.58. The summed E-state index contributed by atoms with van der Waals surface area (Å²) in [5.41, 5.74) is 2.03. The van der Waals surface area contributed by atoms with E-state index in [-0.39, 0.29) is 18.4 Å². The second-order valence-corrected chi connectivity index (χ2v) is 8.00. The number of piperidine rings is 1. The van der Waals surface area contributed by atoms with E-state index in [0.29, 0.717) is 31.7 Å². The maximum absolute atomic E-state index is 12.7. The molecule has 164 valence electrons. The Kier molecular flexibility index (Phi) is 5.95. The van der Waals surface area contributed by atoms with E-state index in [4.69, 9.17) is 0 Å². The monoisotopic (exact) mass is 431 g/mol. The van der Waals surface area contributed by atoms with Crippen molar-refractivity contribution >= 4 is 22.5 Å². The number of hydrogen-bond acceptors (Lipinski definition) is 4. The topological polar surface area (TPSA) is 63.1 Å². The maximum Gasteiger partial charge on any atom is 0.390 e. The Morgan fingerprint density at radius 1 is 1.13 bits per heavy atom. The Hall–Kier alpha value is -2.94. The van der Waals surface area contributed by atoms with E-state index in [1.165, 1.54) is 0 Å². The second-order valence-electron chi connectivity index (χ2n) is 8.00. The van der Waals surface area contributed by atoms with Gasteiger partial charge in [-0.1, -0.05) is 12.1 Å². The van der Waals surface area contributed by atoms with Gasteiger partial charge in [-0.15, -0.1) is 0 Å². The summed E-state index contributed by atoms with van der Waals surface area (Å²) in [5, 5.41) is 8.99. The van der Waals surface area contributed by atoms with Gasteiger partial charge >= 0.3 is 6.18 Å². The lowest BCUT2D eigenvalue weighted by atomic mass is 9.95. The number of alkyl halides is 3. The predicted molar refractivity (Wildman–Crippen MR) is 112 cm³/mol. The molecule has 0 spiro atoms. The van der Waals surface area contributed by atoms with Gasteiger partial charge in [-0.25, -0.2) is 4.98 Å². The van der Waals surface area contributed by atoms with Crippen molar-refractivity contribution in [1.82, 2.24) is 19.7 Å². The zero-order valence-electron chi connectivity index (χ0n) is 17.2. The molecule has 3 heterocycles. The fourth-order valence-corrected chi connectivity index (χ4v) is 3.89. The number of fused-ring (bicyclic) bond motifs is 1. The molecule has 0 saturated carbocycles. The van der Waals surface area contributed by atoms with Crippen molar-refractivity contribution in [2.75, 3.05) is 25.0 Å². The van der Waals surface area contributed by atoms with Crippen LogP contribution in [0.3, 0.4) is 0 Å². The van der Waals surface area contributed by atoms with Crippen molar-refractivity contribution in [3.05, 3.63) is 42.9 Å². The summed E-state index contributed by atoms with van der Waals surface area (Å²) < 4.78 is 38.9. The Bertz CT molecular complexity index is 1070. The van der Waals surface area contributed by atoms with Crippen molar-refractivity contribution in [2.24, 2.45) is 13.0 Å². The highest BCUT2D eigenvalue weighted by Crippen LogP contribution is 2.26. The van der Waals surface area contributed by atoms with Crippen LogP contribution in [0, 0.1) is 5.92 Å². The Labute approximate surface area is 178 Å². The molecule has 0 radical (unpaired) electrons. The van der Waals surface area contributed by atoms with E-state index in [0.717, 1.165) is 21.9 Å². The molecule has 2 aromatic heterocycles. The van der Waals surface area contributed by atoms with Crippen LogP contribution in [-0.4, -0.2) is 51.4 Å². The van der Waals surface area contributed by atoms with Crippen LogP contribution in [0.1, 0.15) is 19.3 Å². The number of carbonyl (C=O) groups is 1. The molecule has 1 aliphatic rings. The van der Waals surface area contributed by atoms with Crippen LogP contribution < -0.4 is 5.32 Å². The van der Waals surface area contributed by atoms with Crippen LogP contribution in [0.4, 0.5) is 19.0 Å². The summed E-state index contributed by atoms with van der Waals surface area (Å²) >= 11 is 0. The number of pyridine rings is 1. The number of hydrogen-bond donors (Lipinski definition) is 1. The highest BCUT2D eigenvalue weighted by atomic mass is 19.4. The molecule has 0 atom stereocenters. The summed E-state index contributed by atoms with van der Waals surface area (Å²) in [7, 11) is 1.86. The lowest BCUT2D eigenvalue weighted by Crippen LogP contribution is -2.39. The molecule has 1 fully saturated rings. The molecule has 4 rings (SSSR count). The summed E-state index contributed by atoms with van der Waals surface area (Å²) in [5.74, 6) is 0.118. The first-order chi connectivity index (χ1) is 14.8. The number of aromatic nitrogens is 3. The van der Waals surface area contributed by atoms with Crippen molar-refractivity contribution in [1.29, 1.82) is 0 Å². The van der Waals surface area contributed by atoms with Crippen LogP contribution in [0.5, 0.6) is 0 Å². The number of carbonyl (C=O) groups excluding carboxylic acids is 1. The van der Waals surface area contributed by atoms with E-state index in [1.807, 2.05) is 37.5 Å². The van der Waals surface area contributed by atoms with Crippen molar-refractivity contribution in [2.45, 2.75) is 25.4 Å². The molecular formula is C22H24F3N5O. The fourth-order valence-electron chi connectivity index (χ4n) is 3.89. The smallest absolute Gasteiger partial charge is 0.310 e. The number of nitrogens with one attached hydrogen (secondary N) is 1. The summed E-state index contributed by atoms with van der Waals surface area (Å²) in [4.78, 5) is 18.8. The molecule has 31 heavy (non-hydrogen) atoms. The number of nitrogens with zero attached hydrogens (tertiary/aromatic N) is 4. The van der Waals surface area contributed by atoms with Crippen LogP contribution >= 0.6 is 0 Å². The molecule has 0 bridgehead atoms. The van der Waals surface area contributed by atoms with E-state index < -0.39 is 12.6 Å². The molecule has 1 amide bonds. The van der Waals surface area contributed by atoms with E-state index >= 15 is 0 Å². The average molecular weight is 431 g/mol. The Balaban J connectivity index is 1.38. The fraction of sp³-hybridized carbons (Fsp3) is 0.409. The summed E-state index contributed by atoms with van der Waals surface area (Å²) in [6, 6.07) is 7.85. The molecular weight excluding hydrogens is 407 g/mol. The third kappa shape index (κ3) is 5.41. The Morgan fingerprint density at radius 2 is 1.90 bits per heavy atom. The third-order valence-corrected chi connectivity index (χ3v) is 5.68. The van der Waals surface area contributed by atoms with Crippen LogP contribution in [0.2, 0.25) is 0 Å². The van der Waals surface area contributed by atoms with Gasteiger partial charge in [0, 0.05) is 42.9 Å². The van der Waals surface area contributed by atoms with Gasteiger partial charge in [0.15, 0.2) is 0 Å². The van der Waals surface area contributed by atoms with Gasteiger partial charge < -0.3 is 10.2 Å². The highest BCUT2D eigenvalue weighted by Gasteiger charge is 2.30. The van der Waals surface area contributed by atoms with Crippen molar-refractivity contribution < 1.29 is 18.0 Å². The molecule has 0 unspecified atom stereocenters. The second kappa shape index (κ2) is 8.66. The standard InChI is InChI=1S/C22H24F3N5O/c1-29-14-19(13-27-29)16-2-3-17-12-26-20(11-18(17)10-16)28-21(31)15-4-7-30(8-5-15)9-6-22(23,24)25/h2-3,10-15H,4-9H2,1H3,(H,26,28,31). The number of aryl methyl sites for hydroxylation is 1. The molecule has 1 aromatic carbocycles. The molecule has 6 nitrogen and oxygen atoms in total. The zero-order chi connectivity index (χ0) is 22.0. The SMILES string of the molecule is Cn1cc(-c2ccc3cnc(NC(=O)C4CCN(CCC(F)(F)F)CC4)cc3c2)cn1. The quantitative estimate of drug-likeness (QED) is 0.657. The van der Waals surface area contributed by atoms with Gasteiger partial charge in [-0.2, -0.15) is 18.3 Å². The lowest BCUT2D eigenvalue weighted by Gasteiger charge is -2.31. The highest BCUT2D eigenvalue weighted by molar-refractivity contribution is 5.95. The minimum atomic E-state index is -4.15. The first kappa shape index (κ1) is 21.3. The molecule has 0 aliphatic carbocycles. The van der Waals surface area contributed by atoms with Crippen LogP contribution in [-0.2, 0) is 11.8 Å². The summed E-state index contributed by atoms with van der Waals surface area (Å²) in [6.45, 7) is 0.977. The van der Waals surface area contributed by atoms with Crippen molar-refractivity contribution in [3.63, 3.8) is 0 Å². The number of benzene rings is 1. The van der Waals surface area contributed by atoms with E-state index in [2.05, 4.69) is 15.4 Å². The molecule has 1 aliphatic heterocycles. The van der Waals surface area contributed by atoms with Gasteiger partial charge in [0.2, 0.25) is 5.91 Å². The van der Waals surface area contributed by atoms with E-state index in [1.54, 1.807) is 22.0 Å². The third-order valence-electron chi connectivity index (χ3n) is 5.68. The Morgan fingerprint density at radius 3 is 2.58 bits per heavy atom. The largest absolute Gasteiger partial charge is 0.390 e. The van der Waals surface area contributed by atoms with Gasteiger partial charge in [0.25, 0.3) is 0 Å². The number of anilines is 1. The minimum Gasteiger partial charge on any atom is -0.310 e. The van der Waals surface area contributed by atoms with Crippen LogP contribution in [0.15, 0.2) is 42.9 Å². The molecule has 9 heteroatoms. The number of likely N-dealkylation sites (tertiary alicyclic amines) is 1. The zero-order valence-corrected chi connectivity index (χ0v) is 17.2. The van der Waals surface area contributed by atoms with Gasteiger partial charge in [-0.05, 0) is 49.0 Å². The lowest BCUT2D eigenvalue weighted by molar-refractivity contribution is -0.139. The normalized spacial score (nSPS) is 16.0. The average Bonchev–Trinajstić information content (AvgIpc) is 3.18. The van der Waals surface area contributed by atoms with Crippen molar-refractivity contribution in [3.8, 4) is 11.1 Å². The van der Waals surface area contributed by atoms with Crippen LogP contribution in [0.25, 0.3) is 21.9 Å². The molecule has 1 saturated heterocycles. The minimum absolute atomic E-state index is 0.0106. The predicted octanol–water partition coefficient (Wildman–Crippen LogP) is 4.24. The number of amides is 1. The van der Waals surface area contributed by atoms with E-state index in [9.17, 15) is 18.0 Å².